The first-order valence-corrected chi connectivity index (χ1v) is 13.4. The Kier molecular flexibility index (Phi) is 4.78. The minimum atomic E-state index is -0.338. The van der Waals surface area contributed by atoms with Gasteiger partial charge in [0.15, 0.2) is 5.79 Å². The van der Waals surface area contributed by atoms with E-state index >= 15 is 0 Å². The highest BCUT2D eigenvalue weighted by Crippen LogP contribution is 2.71. The van der Waals surface area contributed by atoms with E-state index < -0.39 is 0 Å². The van der Waals surface area contributed by atoms with Crippen molar-refractivity contribution in [3.63, 3.8) is 0 Å². The van der Waals surface area contributed by atoms with Gasteiger partial charge in [-0.25, -0.2) is 0 Å². The van der Waals surface area contributed by atoms with Crippen LogP contribution < -0.4 is 0 Å². The predicted molar refractivity (Wildman–Crippen MR) is 119 cm³/mol. The summed E-state index contributed by atoms with van der Waals surface area (Å²) in [5.41, 5.74) is 0.495. The van der Waals surface area contributed by atoms with Crippen molar-refractivity contribution in [1.82, 2.24) is 0 Å². The molecule has 4 saturated carbocycles. The molecule has 176 valence electrons. The van der Waals surface area contributed by atoms with Crippen molar-refractivity contribution < 1.29 is 19.7 Å². The number of hydrogen-bond donors (Lipinski definition) is 2. The van der Waals surface area contributed by atoms with E-state index in [9.17, 15) is 10.2 Å². The van der Waals surface area contributed by atoms with E-state index in [0.29, 0.717) is 47.0 Å². The Morgan fingerprint density at radius 1 is 0.806 bits per heavy atom. The van der Waals surface area contributed by atoms with Gasteiger partial charge in [0.1, 0.15) is 0 Å². The molecular weight excluding hydrogens is 388 g/mol. The molecule has 0 bridgehead atoms. The maximum atomic E-state index is 11.2. The highest BCUT2D eigenvalue weighted by atomic mass is 16.7. The first-order chi connectivity index (χ1) is 14.7. The van der Waals surface area contributed by atoms with Crippen LogP contribution in [0.5, 0.6) is 0 Å². The topological polar surface area (TPSA) is 58.9 Å². The van der Waals surface area contributed by atoms with Gasteiger partial charge in [-0.05, 0) is 97.7 Å². The molecule has 0 aromatic rings. The van der Waals surface area contributed by atoms with Crippen molar-refractivity contribution in [3.05, 3.63) is 0 Å². The van der Waals surface area contributed by atoms with Gasteiger partial charge in [-0.2, -0.15) is 0 Å². The van der Waals surface area contributed by atoms with Gasteiger partial charge in [-0.1, -0.05) is 27.7 Å². The Balaban J connectivity index is 1.28. The Labute approximate surface area is 188 Å². The average molecular weight is 433 g/mol. The summed E-state index contributed by atoms with van der Waals surface area (Å²) in [4.78, 5) is 0. The number of rotatable bonds is 0. The second-order valence-electron chi connectivity index (χ2n) is 13.2. The number of aliphatic hydroxyl groups is 2. The Bertz CT molecular complexity index is 716. The fourth-order valence-electron chi connectivity index (χ4n) is 10.3. The molecule has 4 nitrogen and oxygen atoms in total. The van der Waals surface area contributed by atoms with Crippen molar-refractivity contribution >= 4 is 0 Å². The molecule has 1 spiro atoms. The van der Waals surface area contributed by atoms with Crippen LogP contribution in [-0.4, -0.2) is 40.9 Å². The zero-order chi connectivity index (χ0) is 21.8. The molecule has 13 atom stereocenters. The minimum absolute atomic E-state index is 0.191. The molecule has 6 rings (SSSR count). The van der Waals surface area contributed by atoms with E-state index in [1.807, 2.05) is 0 Å². The van der Waals surface area contributed by atoms with Crippen LogP contribution in [-0.2, 0) is 9.47 Å². The van der Waals surface area contributed by atoms with Crippen molar-refractivity contribution in [2.75, 3.05) is 6.61 Å². The van der Waals surface area contributed by atoms with Crippen molar-refractivity contribution in [2.45, 2.75) is 110 Å². The van der Waals surface area contributed by atoms with Crippen LogP contribution in [0.25, 0.3) is 0 Å². The van der Waals surface area contributed by atoms with Gasteiger partial charge < -0.3 is 19.7 Å². The van der Waals surface area contributed by atoms with Gasteiger partial charge in [0.25, 0.3) is 0 Å². The van der Waals surface area contributed by atoms with Crippen molar-refractivity contribution in [2.24, 2.45) is 52.3 Å². The lowest BCUT2D eigenvalue weighted by Crippen LogP contribution is -2.58. The van der Waals surface area contributed by atoms with Crippen LogP contribution in [0, 0.1) is 52.3 Å². The molecule has 0 aromatic carbocycles. The summed E-state index contributed by atoms with van der Waals surface area (Å²) in [7, 11) is 0. The van der Waals surface area contributed by atoms with Crippen molar-refractivity contribution in [1.29, 1.82) is 0 Å². The molecule has 2 aliphatic heterocycles. The van der Waals surface area contributed by atoms with Gasteiger partial charge in [0, 0.05) is 12.3 Å². The van der Waals surface area contributed by atoms with E-state index in [1.165, 1.54) is 19.3 Å². The van der Waals surface area contributed by atoms with Gasteiger partial charge >= 0.3 is 0 Å². The predicted octanol–water partition coefficient (Wildman–Crippen LogP) is 4.76. The van der Waals surface area contributed by atoms with E-state index in [2.05, 4.69) is 27.7 Å². The highest BCUT2D eigenvalue weighted by molar-refractivity contribution is 5.16. The zero-order valence-electron chi connectivity index (χ0n) is 20.1. The molecule has 0 aromatic heterocycles. The average Bonchev–Trinajstić information content (AvgIpc) is 3.17. The standard InChI is InChI=1S/C27H44O4/c1-15-5-10-27(30-14-15)16(2)24-23(31-27)13-20-18-12-22(29)21-11-17(28)6-8-25(21,3)19(18)7-9-26(20,24)4/h15-24,28-29H,5-14H2,1-4H3/t15?,16-,17-,18+,19-,20-,21+,22+,23-,24-,25+,26-,27+/m0/s1. The van der Waals surface area contributed by atoms with Gasteiger partial charge in [0.05, 0.1) is 24.9 Å². The van der Waals surface area contributed by atoms with Crippen LogP contribution in [0.1, 0.15) is 85.5 Å². The third-order valence-corrected chi connectivity index (χ3v) is 11.9. The van der Waals surface area contributed by atoms with E-state index in [1.54, 1.807) is 0 Å². The lowest BCUT2D eigenvalue weighted by Gasteiger charge is -2.62. The Morgan fingerprint density at radius 3 is 2.32 bits per heavy atom. The second kappa shape index (κ2) is 6.93. The molecule has 0 amide bonds. The summed E-state index contributed by atoms with van der Waals surface area (Å²) in [6.45, 7) is 10.6. The van der Waals surface area contributed by atoms with Crippen LogP contribution in [0.2, 0.25) is 0 Å². The van der Waals surface area contributed by atoms with E-state index in [0.717, 1.165) is 45.1 Å². The SMILES string of the molecule is CC1CC[C@@]2(OC1)O[C@H]1C[C@H]3[C@@H]4C[C@@H](O)[C@H]5C[C@@H](O)CC[C@]5(C)[C@H]4CC[C@]3(C)[C@H]1[C@@H]2C. The summed E-state index contributed by atoms with van der Waals surface area (Å²) < 4.78 is 13.3. The lowest BCUT2D eigenvalue weighted by atomic mass is 9.43. The lowest BCUT2D eigenvalue weighted by molar-refractivity contribution is -0.273. The molecule has 31 heavy (non-hydrogen) atoms. The fraction of sp³-hybridized carbons (Fsp3) is 1.00. The van der Waals surface area contributed by atoms with Gasteiger partial charge in [-0.15, -0.1) is 0 Å². The molecule has 2 N–H and O–H groups in total. The zero-order valence-corrected chi connectivity index (χ0v) is 20.1. The molecule has 6 fully saturated rings. The van der Waals surface area contributed by atoms with E-state index in [4.69, 9.17) is 9.47 Å². The quantitative estimate of drug-likeness (QED) is 0.579. The Morgan fingerprint density at radius 2 is 1.58 bits per heavy atom. The summed E-state index contributed by atoms with van der Waals surface area (Å²) in [5, 5.41) is 21.5. The third-order valence-electron chi connectivity index (χ3n) is 11.9. The summed E-state index contributed by atoms with van der Waals surface area (Å²) >= 11 is 0. The number of fused-ring (bicyclic) bond motifs is 7. The number of aliphatic hydroxyl groups excluding tert-OH is 2. The third kappa shape index (κ3) is 2.80. The summed E-state index contributed by atoms with van der Waals surface area (Å²) in [6.07, 6.45) is 9.58. The molecular formula is C27H44O4. The maximum absolute atomic E-state index is 11.2. The van der Waals surface area contributed by atoms with Gasteiger partial charge in [-0.3, -0.25) is 0 Å². The van der Waals surface area contributed by atoms with E-state index in [-0.39, 0.29) is 29.3 Å². The van der Waals surface area contributed by atoms with Crippen LogP contribution in [0.15, 0.2) is 0 Å². The van der Waals surface area contributed by atoms with Crippen LogP contribution in [0.3, 0.4) is 0 Å². The fourth-order valence-corrected chi connectivity index (χ4v) is 10.3. The molecule has 4 aliphatic carbocycles. The minimum Gasteiger partial charge on any atom is -0.393 e. The monoisotopic (exact) mass is 432 g/mol. The molecule has 6 aliphatic rings. The molecule has 2 heterocycles. The first kappa shape index (κ1) is 21.4. The molecule has 4 heteroatoms. The summed E-state index contributed by atoms with van der Waals surface area (Å²) in [6, 6.07) is 0. The number of ether oxygens (including phenoxy) is 2. The van der Waals surface area contributed by atoms with Gasteiger partial charge in [0.2, 0.25) is 0 Å². The molecule has 1 unspecified atom stereocenters. The smallest absolute Gasteiger partial charge is 0.171 e. The largest absolute Gasteiger partial charge is 0.393 e. The maximum Gasteiger partial charge on any atom is 0.171 e. The van der Waals surface area contributed by atoms with Crippen LogP contribution >= 0.6 is 0 Å². The van der Waals surface area contributed by atoms with Crippen molar-refractivity contribution in [3.8, 4) is 0 Å². The van der Waals surface area contributed by atoms with Crippen LogP contribution in [0.4, 0.5) is 0 Å². The molecule has 2 saturated heterocycles. The second-order valence-corrected chi connectivity index (χ2v) is 13.2. The molecule has 0 radical (unpaired) electrons. The highest BCUT2D eigenvalue weighted by Gasteiger charge is 2.69. The first-order valence-electron chi connectivity index (χ1n) is 13.4. The number of hydrogen-bond acceptors (Lipinski definition) is 4. The summed E-state index contributed by atoms with van der Waals surface area (Å²) in [5.74, 6) is 3.58. The Hall–Kier alpha value is -0.160. The normalized spacial score (nSPS) is 63.3.